The molecule has 9 heteroatoms. The van der Waals surface area contributed by atoms with E-state index in [0.717, 1.165) is 51.4 Å². The number of unbranched alkanes of at least 4 members (excludes halogenated alkanes) is 45. The zero-order chi connectivity index (χ0) is 57.0. The predicted octanol–water partition coefficient (Wildman–Crippen LogP) is 21.7. The number of hydrogen-bond acceptors (Lipinski definition) is 5. The molecule has 8 nitrogen and oxygen atoms in total. The number of allylic oxidation sites excluding steroid dienone is 6. The smallest absolute Gasteiger partial charge is 0.391 e. The summed E-state index contributed by atoms with van der Waals surface area (Å²) in [6, 6.07) is -0.760. The third-order valence-corrected chi connectivity index (χ3v) is 16.9. The Morgan fingerprint density at radius 2 is 0.731 bits per heavy atom. The molecule has 0 saturated carbocycles. The second-order valence-corrected chi connectivity index (χ2v) is 26.4. The molecule has 0 aliphatic carbocycles. The van der Waals surface area contributed by atoms with Crippen LogP contribution in [0, 0.1) is 0 Å². The van der Waals surface area contributed by atoms with E-state index in [4.69, 9.17) is 9.05 Å². The number of rotatable bonds is 64. The van der Waals surface area contributed by atoms with E-state index in [1.165, 1.54) is 270 Å². The Bertz CT molecular complexity index is 1360. The molecular formula is C69H136N2O6P+. The van der Waals surface area contributed by atoms with Crippen molar-refractivity contribution in [2.24, 2.45) is 0 Å². The van der Waals surface area contributed by atoms with Crippen LogP contribution in [0.3, 0.4) is 0 Å². The highest BCUT2D eigenvalue weighted by Gasteiger charge is 2.28. The number of quaternary nitrogens is 1. The lowest BCUT2D eigenvalue weighted by atomic mass is 10.0. The van der Waals surface area contributed by atoms with E-state index in [1.54, 1.807) is 0 Å². The molecule has 462 valence electrons. The fourth-order valence-corrected chi connectivity index (χ4v) is 11.3. The molecule has 0 aromatic heterocycles. The fourth-order valence-electron chi connectivity index (χ4n) is 10.5. The first-order valence-corrected chi connectivity index (χ1v) is 35.8. The molecule has 0 aromatic carbocycles. The minimum atomic E-state index is -4.33. The number of likely N-dealkylation sites (N-methyl/N-ethyl adjacent to an activating group) is 1. The highest BCUT2D eigenvalue weighted by atomic mass is 31.2. The van der Waals surface area contributed by atoms with Gasteiger partial charge in [-0.05, 0) is 51.4 Å². The summed E-state index contributed by atoms with van der Waals surface area (Å²) in [5.74, 6) is -0.137. The van der Waals surface area contributed by atoms with Gasteiger partial charge in [0, 0.05) is 6.42 Å². The number of amides is 1. The number of carbonyl (C=O) groups is 1. The molecule has 0 radical (unpaired) electrons. The molecule has 3 unspecified atom stereocenters. The number of phosphoric ester groups is 1. The van der Waals surface area contributed by atoms with Crippen LogP contribution >= 0.6 is 7.82 Å². The summed E-state index contributed by atoms with van der Waals surface area (Å²) in [7, 11) is 1.63. The molecule has 0 heterocycles. The summed E-state index contributed by atoms with van der Waals surface area (Å²) < 4.78 is 23.9. The second-order valence-electron chi connectivity index (χ2n) is 24.9. The number of carbonyl (C=O) groups excluding carboxylic acids is 1. The van der Waals surface area contributed by atoms with Gasteiger partial charge in [0.15, 0.2) is 0 Å². The maximum absolute atomic E-state index is 13.1. The normalized spacial score (nSPS) is 13.9. The van der Waals surface area contributed by atoms with Gasteiger partial charge in [-0.15, -0.1) is 0 Å². The van der Waals surface area contributed by atoms with E-state index in [9.17, 15) is 19.4 Å². The van der Waals surface area contributed by atoms with Crippen LogP contribution in [0.15, 0.2) is 36.5 Å². The van der Waals surface area contributed by atoms with Crippen molar-refractivity contribution >= 4 is 13.7 Å². The average molecular weight is 1120 g/mol. The number of phosphoric acid groups is 1. The summed E-state index contributed by atoms with van der Waals surface area (Å²) in [5, 5.41) is 14.1. The molecule has 0 aliphatic rings. The first kappa shape index (κ1) is 76.7. The van der Waals surface area contributed by atoms with Gasteiger partial charge in [-0.2, -0.15) is 0 Å². The number of nitrogens with zero attached hydrogens (tertiary/aromatic N) is 1. The Kier molecular flexibility index (Phi) is 59.3. The molecule has 1 amide bonds. The van der Waals surface area contributed by atoms with Crippen molar-refractivity contribution in [1.82, 2.24) is 5.32 Å². The zero-order valence-corrected chi connectivity index (χ0v) is 53.8. The summed E-state index contributed by atoms with van der Waals surface area (Å²) in [6.07, 6.45) is 79.5. The minimum absolute atomic E-state index is 0.0769. The fraction of sp³-hybridized carbons (Fsp3) is 0.899. The van der Waals surface area contributed by atoms with Gasteiger partial charge >= 0.3 is 7.82 Å². The van der Waals surface area contributed by atoms with Gasteiger partial charge in [0.2, 0.25) is 5.91 Å². The van der Waals surface area contributed by atoms with E-state index in [2.05, 4.69) is 55.6 Å². The summed E-state index contributed by atoms with van der Waals surface area (Å²) in [6.45, 7) is 4.93. The minimum Gasteiger partial charge on any atom is -0.391 e. The molecule has 3 atom stereocenters. The van der Waals surface area contributed by atoms with Gasteiger partial charge in [-0.25, -0.2) is 4.57 Å². The molecule has 3 N–H and O–H groups in total. The highest BCUT2D eigenvalue weighted by Crippen LogP contribution is 2.43. The molecule has 78 heavy (non-hydrogen) atoms. The third kappa shape index (κ3) is 62.3. The van der Waals surface area contributed by atoms with Gasteiger partial charge in [-0.3, -0.25) is 13.8 Å². The van der Waals surface area contributed by atoms with Crippen molar-refractivity contribution in [3.05, 3.63) is 36.5 Å². The van der Waals surface area contributed by atoms with E-state index in [1.807, 2.05) is 21.1 Å². The molecule has 0 aliphatic heterocycles. The molecule has 0 bridgehead atoms. The van der Waals surface area contributed by atoms with Crippen LogP contribution in [0.5, 0.6) is 0 Å². The van der Waals surface area contributed by atoms with Gasteiger partial charge in [0.1, 0.15) is 13.2 Å². The predicted molar refractivity (Wildman–Crippen MR) is 341 cm³/mol. The highest BCUT2D eigenvalue weighted by molar-refractivity contribution is 7.47. The molecule has 0 spiro atoms. The Morgan fingerprint density at radius 3 is 1.06 bits per heavy atom. The lowest BCUT2D eigenvalue weighted by Gasteiger charge is -2.26. The van der Waals surface area contributed by atoms with Gasteiger partial charge in [0.05, 0.1) is 39.9 Å². The van der Waals surface area contributed by atoms with Crippen LogP contribution in [-0.4, -0.2) is 73.4 Å². The average Bonchev–Trinajstić information content (AvgIpc) is 3.41. The van der Waals surface area contributed by atoms with Crippen molar-refractivity contribution in [3.8, 4) is 0 Å². The first-order valence-electron chi connectivity index (χ1n) is 34.4. The lowest BCUT2D eigenvalue weighted by Crippen LogP contribution is -2.46. The molecule has 0 aromatic rings. The van der Waals surface area contributed by atoms with Gasteiger partial charge in [0.25, 0.3) is 0 Å². The van der Waals surface area contributed by atoms with Crippen molar-refractivity contribution in [2.75, 3.05) is 40.9 Å². The van der Waals surface area contributed by atoms with E-state index >= 15 is 0 Å². The Hall–Kier alpha value is -1.28. The van der Waals surface area contributed by atoms with Crippen molar-refractivity contribution < 1.29 is 32.9 Å². The molecular weight excluding hydrogens is 984 g/mol. The summed E-state index contributed by atoms with van der Waals surface area (Å²) >= 11 is 0. The summed E-state index contributed by atoms with van der Waals surface area (Å²) in [5.41, 5.74) is 0. The van der Waals surface area contributed by atoms with E-state index < -0.39 is 20.0 Å². The molecule has 0 saturated heterocycles. The van der Waals surface area contributed by atoms with Gasteiger partial charge < -0.3 is 19.8 Å². The Morgan fingerprint density at radius 1 is 0.436 bits per heavy atom. The second kappa shape index (κ2) is 60.3. The molecule has 0 rings (SSSR count). The van der Waals surface area contributed by atoms with Crippen LogP contribution in [-0.2, 0) is 18.4 Å². The SMILES string of the molecule is CCCCCCC/C=C\C/C=C\C/C=C\CCCCCCCCCCCCCCCCCCCCCCC(=O)NC(COP(=O)(O)OCC[N+](C)(C)C)C(O)CCCCCCCCCCCCCCCCCCCCCCC. The monoisotopic (exact) mass is 1120 g/mol. The van der Waals surface area contributed by atoms with Crippen LogP contribution < -0.4 is 5.32 Å². The third-order valence-electron chi connectivity index (χ3n) is 15.9. The van der Waals surface area contributed by atoms with E-state index in [-0.39, 0.29) is 19.1 Å². The number of nitrogens with one attached hydrogen (secondary N) is 1. The number of aliphatic hydroxyl groups excluding tert-OH is 1. The Labute approximate surface area is 487 Å². The number of aliphatic hydroxyl groups is 1. The number of hydrogen-bond donors (Lipinski definition) is 3. The quantitative estimate of drug-likeness (QED) is 0.0243. The van der Waals surface area contributed by atoms with Crippen molar-refractivity contribution in [1.29, 1.82) is 0 Å². The van der Waals surface area contributed by atoms with E-state index in [0.29, 0.717) is 23.9 Å². The van der Waals surface area contributed by atoms with Gasteiger partial charge in [-0.1, -0.05) is 326 Å². The largest absolute Gasteiger partial charge is 0.472 e. The van der Waals surface area contributed by atoms with Crippen molar-refractivity contribution in [3.63, 3.8) is 0 Å². The Balaban J connectivity index is 3.98. The van der Waals surface area contributed by atoms with Crippen LogP contribution in [0.4, 0.5) is 0 Å². The van der Waals surface area contributed by atoms with Crippen LogP contribution in [0.25, 0.3) is 0 Å². The van der Waals surface area contributed by atoms with Crippen molar-refractivity contribution in [2.45, 2.75) is 360 Å². The maximum atomic E-state index is 13.1. The standard InChI is InChI=1S/C69H135N2O6P/c1-6-8-10-12-14-16-18-20-22-24-26-28-29-30-31-32-33-34-35-36-37-38-39-40-41-43-45-47-49-51-53-55-57-59-61-63-69(73)70-67(66-77-78(74,75)76-65-64-71(3,4)5)68(72)62-60-58-56-54-52-50-48-46-44-42-27-25-23-21-19-17-15-13-11-9-7-2/h18,20,24,26,29-30,67-68,72H,6-17,19,21-23,25,27-28,31-66H2,1-5H3,(H-,70,73,74,75)/p+1/b20-18-,26-24-,30-29-. The van der Waals surface area contributed by atoms with Crippen LogP contribution in [0.1, 0.15) is 348 Å². The summed E-state index contributed by atoms with van der Waals surface area (Å²) in [4.78, 5) is 23.4. The lowest BCUT2D eigenvalue weighted by molar-refractivity contribution is -0.870. The maximum Gasteiger partial charge on any atom is 0.472 e. The zero-order valence-electron chi connectivity index (χ0n) is 52.9. The topological polar surface area (TPSA) is 105 Å². The molecule has 0 fully saturated rings. The van der Waals surface area contributed by atoms with Crippen LogP contribution in [0.2, 0.25) is 0 Å². The first-order chi connectivity index (χ1) is 38.0.